The molecule has 1 aromatic carbocycles. The van der Waals surface area contributed by atoms with Gasteiger partial charge in [-0.2, -0.15) is 0 Å². The predicted molar refractivity (Wildman–Crippen MR) is 81.8 cm³/mol. The number of fused-ring (bicyclic) bond motifs is 1. The summed E-state index contributed by atoms with van der Waals surface area (Å²) in [6.07, 6.45) is 1.71. The summed E-state index contributed by atoms with van der Waals surface area (Å²) in [6.45, 7) is 1.94. The normalized spacial score (nSPS) is 12.5. The lowest BCUT2D eigenvalue weighted by Crippen LogP contribution is -2.12. The second-order valence-electron chi connectivity index (χ2n) is 4.58. The highest BCUT2D eigenvalue weighted by Crippen LogP contribution is 2.29. The van der Waals surface area contributed by atoms with E-state index in [9.17, 15) is 0 Å². The van der Waals surface area contributed by atoms with Crippen molar-refractivity contribution < 1.29 is 4.42 Å². The van der Waals surface area contributed by atoms with Gasteiger partial charge in [0.25, 0.3) is 0 Å². The maximum atomic E-state index is 6.17. The Morgan fingerprint density at radius 3 is 2.90 bits per heavy atom. The van der Waals surface area contributed by atoms with Crippen LogP contribution < -0.4 is 10.6 Å². The van der Waals surface area contributed by atoms with Crippen molar-refractivity contribution in [3.8, 4) is 0 Å². The largest absolute Gasteiger partial charge is 0.406 e. The summed E-state index contributed by atoms with van der Waals surface area (Å²) < 4.78 is 5.56. The molecular weight excluding hydrogens is 290 g/mol. The summed E-state index contributed by atoms with van der Waals surface area (Å²) in [5, 5.41) is 15.6. The van der Waals surface area contributed by atoms with Gasteiger partial charge in [-0.25, -0.2) is 0 Å². The smallest absolute Gasteiger partial charge is 0.320 e. The molecule has 3 aromatic rings. The van der Waals surface area contributed by atoms with Crippen LogP contribution in [0.25, 0.3) is 10.9 Å². The SMILES string of the molecule is CNC(C)c1nnc(Nc2ccc(Cl)c3cccnc23)o1. The van der Waals surface area contributed by atoms with Gasteiger partial charge in [-0.1, -0.05) is 16.7 Å². The van der Waals surface area contributed by atoms with E-state index in [0.717, 1.165) is 16.6 Å². The molecule has 7 heteroatoms. The van der Waals surface area contributed by atoms with Gasteiger partial charge in [-0.05, 0) is 38.2 Å². The van der Waals surface area contributed by atoms with Gasteiger partial charge >= 0.3 is 6.01 Å². The molecule has 0 saturated carbocycles. The van der Waals surface area contributed by atoms with Crippen LogP contribution in [0.1, 0.15) is 18.9 Å². The van der Waals surface area contributed by atoms with Crippen LogP contribution >= 0.6 is 11.6 Å². The number of rotatable bonds is 4. The first-order valence-electron chi connectivity index (χ1n) is 6.50. The fourth-order valence-electron chi connectivity index (χ4n) is 1.94. The zero-order valence-corrected chi connectivity index (χ0v) is 12.3. The third kappa shape index (κ3) is 2.68. The van der Waals surface area contributed by atoms with Crippen molar-refractivity contribution in [3.63, 3.8) is 0 Å². The van der Waals surface area contributed by atoms with Gasteiger partial charge in [0.1, 0.15) is 0 Å². The molecule has 0 amide bonds. The van der Waals surface area contributed by atoms with Crippen LogP contribution in [0.4, 0.5) is 11.7 Å². The third-order valence-electron chi connectivity index (χ3n) is 3.20. The Hall–Kier alpha value is -2.18. The van der Waals surface area contributed by atoms with Gasteiger partial charge in [-0.15, -0.1) is 5.10 Å². The van der Waals surface area contributed by atoms with Crippen molar-refractivity contribution in [2.24, 2.45) is 0 Å². The van der Waals surface area contributed by atoms with Crippen LogP contribution in [0.3, 0.4) is 0 Å². The van der Waals surface area contributed by atoms with E-state index in [4.69, 9.17) is 16.0 Å². The zero-order chi connectivity index (χ0) is 14.8. The minimum atomic E-state index is -0.00635. The number of hydrogen-bond donors (Lipinski definition) is 2. The molecular formula is C14H14ClN5O. The Labute approximate surface area is 126 Å². The third-order valence-corrected chi connectivity index (χ3v) is 3.53. The molecule has 1 unspecified atom stereocenters. The van der Waals surface area contributed by atoms with E-state index >= 15 is 0 Å². The molecule has 0 aliphatic heterocycles. The van der Waals surface area contributed by atoms with Crippen LogP contribution in [0.15, 0.2) is 34.9 Å². The molecule has 0 aliphatic rings. The van der Waals surface area contributed by atoms with E-state index in [-0.39, 0.29) is 6.04 Å². The lowest BCUT2D eigenvalue weighted by atomic mass is 10.2. The fraction of sp³-hybridized carbons (Fsp3) is 0.214. The monoisotopic (exact) mass is 303 g/mol. The first kappa shape index (κ1) is 13.8. The lowest BCUT2D eigenvalue weighted by molar-refractivity contribution is 0.443. The summed E-state index contributed by atoms with van der Waals surface area (Å²) in [5.74, 6) is 0.520. The zero-order valence-electron chi connectivity index (χ0n) is 11.6. The van der Waals surface area contributed by atoms with Crippen LogP contribution in [0.2, 0.25) is 5.02 Å². The highest BCUT2D eigenvalue weighted by atomic mass is 35.5. The first-order chi connectivity index (χ1) is 10.2. The minimum absolute atomic E-state index is 0.00635. The first-order valence-corrected chi connectivity index (χ1v) is 6.87. The predicted octanol–water partition coefficient (Wildman–Crippen LogP) is 3.30. The minimum Gasteiger partial charge on any atom is -0.406 e. The van der Waals surface area contributed by atoms with Gasteiger partial charge in [0.05, 0.1) is 22.3 Å². The van der Waals surface area contributed by atoms with Crippen molar-refractivity contribution in [3.05, 3.63) is 41.4 Å². The molecule has 2 aromatic heterocycles. The number of benzene rings is 1. The molecule has 108 valence electrons. The Bertz CT molecular complexity index is 773. The number of nitrogens with zero attached hydrogens (tertiary/aromatic N) is 3. The van der Waals surface area contributed by atoms with Gasteiger partial charge in [0.2, 0.25) is 5.89 Å². The average Bonchev–Trinajstić information content (AvgIpc) is 2.98. The maximum absolute atomic E-state index is 6.17. The number of halogens is 1. The Kier molecular flexibility index (Phi) is 3.72. The quantitative estimate of drug-likeness (QED) is 0.770. The van der Waals surface area contributed by atoms with E-state index in [1.807, 2.05) is 32.2 Å². The topological polar surface area (TPSA) is 75.9 Å². The van der Waals surface area contributed by atoms with Crippen LogP contribution in [0.5, 0.6) is 0 Å². The second-order valence-corrected chi connectivity index (χ2v) is 4.98. The van der Waals surface area contributed by atoms with E-state index in [1.165, 1.54) is 0 Å². The molecule has 0 radical (unpaired) electrons. The molecule has 3 rings (SSSR count). The number of anilines is 2. The summed E-state index contributed by atoms with van der Waals surface area (Å²) in [5.41, 5.74) is 1.52. The summed E-state index contributed by atoms with van der Waals surface area (Å²) in [4.78, 5) is 4.35. The number of pyridine rings is 1. The van der Waals surface area contributed by atoms with Crippen molar-refractivity contribution in [1.82, 2.24) is 20.5 Å². The molecule has 0 fully saturated rings. The van der Waals surface area contributed by atoms with Crippen molar-refractivity contribution >= 4 is 34.2 Å². The lowest BCUT2D eigenvalue weighted by Gasteiger charge is -2.07. The van der Waals surface area contributed by atoms with E-state index in [2.05, 4.69) is 25.8 Å². The molecule has 0 spiro atoms. The van der Waals surface area contributed by atoms with Crippen molar-refractivity contribution in [2.75, 3.05) is 12.4 Å². The molecule has 2 heterocycles. The highest BCUT2D eigenvalue weighted by Gasteiger charge is 2.13. The summed E-state index contributed by atoms with van der Waals surface area (Å²) in [7, 11) is 1.83. The molecule has 0 aliphatic carbocycles. The van der Waals surface area contributed by atoms with Gasteiger partial charge < -0.3 is 15.1 Å². The molecule has 6 nitrogen and oxygen atoms in total. The van der Waals surface area contributed by atoms with Crippen LogP contribution in [-0.4, -0.2) is 22.2 Å². The van der Waals surface area contributed by atoms with Crippen molar-refractivity contribution in [2.45, 2.75) is 13.0 Å². The van der Waals surface area contributed by atoms with E-state index in [0.29, 0.717) is 16.9 Å². The summed E-state index contributed by atoms with van der Waals surface area (Å²) >= 11 is 6.17. The molecule has 0 saturated heterocycles. The Morgan fingerprint density at radius 1 is 1.24 bits per heavy atom. The number of nitrogens with one attached hydrogen (secondary N) is 2. The van der Waals surface area contributed by atoms with E-state index in [1.54, 1.807) is 12.3 Å². The summed E-state index contributed by atoms with van der Waals surface area (Å²) in [6, 6.07) is 7.72. The Balaban J connectivity index is 1.95. The fourth-order valence-corrected chi connectivity index (χ4v) is 2.15. The number of aromatic nitrogens is 3. The van der Waals surface area contributed by atoms with Gasteiger partial charge in [0, 0.05) is 11.6 Å². The van der Waals surface area contributed by atoms with E-state index < -0.39 is 0 Å². The standard InChI is InChI=1S/C14H14ClN5O/c1-8(16-2)13-19-20-14(21-13)18-11-6-5-10(15)9-4-3-7-17-12(9)11/h3-8,16H,1-2H3,(H,18,20). The molecule has 0 bridgehead atoms. The highest BCUT2D eigenvalue weighted by molar-refractivity contribution is 6.35. The molecule has 1 atom stereocenters. The van der Waals surface area contributed by atoms with Crippen LogP contribution in [-0.2, 0) is 0 Å². The van der Waals surface area contributed by atoms with Gasteiger partial charge in [-0.3, -0.25) is 4.98 Å². The molecule has 2 N–H and O–H groups in total. The number of hydrogen-bond acceptors (Lipinski definition) is 6. The second kappa shape index (κ2) is 5.67. The maximum Gasteiger partial charge on any atom is 0.320 e. The Morgan fingerprint density at radius 2 is 2.10 bits per heavy atom. The molecule has 21 heavy (non-hydrogen) atoms. The van der Waals surface area contributed by atoms with Crippen LogP contribution in [0, 0.1) is 0 Å². The van der Waals surface area contributed by atoms with Gasteiger partial charge in [0.15, 0.2) is 0 Å². The average molecular weight is 304 g/mol. The van der Waals surface area contributed by atoms with Crippen molar-refractivity contribution in [1.29, 1.82) is 0 Å².